The summed E-state index contributed by atoms with van der Waals surface area (Å²) in [6, 6.07) is 7.08. The van der Waals surface area contributed by atoms with Crippen molar-refractivity contribution in [2.24, 2.45) is 5.92 Å². The van der Waals surface area contributed by atoms with Gasteiger partial charge >= 0.3 is 0 Å². The zero-order chi connectivity index (χ0) is 20.9. The van der Waals surface area contributed by atoms with E-state index in [0.29, 0.717) is 35.9 Å². The van der Waals surface area contributed by atoms with Gasteiger partial charge in [-0.3, -0.25) is 14.4 Å². The molecule has 1 aromatic carbocycles. The highest BCUT2D eigenvalue weighted by Gasteiger charge is 2.25. The molecule has 3 heterocycles. The zero-order valence-electron chi connectivity index (χ0n) is 15.7. The largest absolute Gasteiger partial charge is 0.355 e. The first-order chi connectivity index (χ1) is 14.6. The van der Waals surface area contributed by atoms with Crippen LogP contribution < -0.4 is 16.0 Å². The summed E-state index contributed by atoms with van der Waals surface area (Å²) in [5.41, 5.74) is 1.98. The van der Waals surface area contributed by atoms with E-state index in [4.69, 9.17) is 0 Å². The maximum absolute atomic E-state index is 12.3. The Balaban J connectivity index is 1.28. The van der Waals surface area contributed by atoms with Crippen LogP contribution in [0.3, 0.4) is 0 Å². The lowest BCUT2D eigenvalue weighted by atomic mass is 9.98. The molecule has 0 saturated carbocycles. The molecule has 4 rings (SSSR count). The first-order valence-electron chi connectivity index (χ1n) is 9.22. The number of aromatic nitrogens is 5. The summed E-state index contributed by atoms with van der Waals surface area (Å²) in [6.07, 6.45) is 2.43. The van der Waals surface area contributed by atoms with Gasteiger partial charge in [0.15, 0.2) is 5.13 Å². The summed E-state index contributed by atoms with van der Waals surface area (Å²) in [7, 11) is 0. The molecule has 0 bridgehead atoms. The minimum absolute atomic E-state index is 0.0355. The fraction of sp³-hybridized carbons (Fsp3) is 0.278. The van der Waals surface area contributed by atoms with Crippen molar-refractivity contribution in [3.8, 4) is 5.69 Å². The number of thiazole rings is 1. The van der Waals surface area contributed by atoms with Crippen LogP contribution in [-0.2, 0) is 20.8 Å². The van der Waals surface area contributed by atoms with Crippen LogP contribution in [0.5, 0.6) is 0 Å². The molecule has 154 valence electrons. The van der Waals surface area contributed by atoms with Crippen LogP contribution in [0.1, 0.15) is 18.5 Å². The molecule has 30 heavy (non-hydrogen) atoms. The average Bonchev–Trinajstić information content (AvgIpc) is 3.41. The average molecular weight is 426 g/mol. The molecule has 1 aliphatic heterocycles. The number of carbonyl (C=O) groups is 3. The van der Waals surface area contributed by atoms with Gasteiger partial charge in [0, 0.05) is 24.0 Å². The fourth-order valence-corrected chi connectivity index (χ4v) is 3.67. The second-order valence-corrected chi connectivity index (χ2v) is 7.56. The number of rotatable bonds is 6. The Morgan fingerprint density at radius 3 is 2.77 bits per heavy atom. The van der Waals surface area contributed by atoms with Crippen LogP contribution in [-0.4, -0.2) is 49.5 Å². The lowest BCUT2D eigenvalue weighted by molar-refractivity contribution is -0.126. The second kappa shape index (κ2) is 8.78. The molecule has 3 N–H and O–H groups in total. The summed E-state index contributed by atoms with van der Waals surface area (Å²) in [6.45, 7) is 0.331. The van der Waals surface area contributed by atoms with Gasteiger partial charge in [0.05, 0.1) is 23.7 Å². The van der Waals surface area contributed by atoms with Crippen molar-refractivity contribution < 1.29 is 14.4 Å². The Morgan fingerprint density at radius 1 is 1.23 bits per heavy atom. The molecule has 1 aliphatic rings. The van der Waals surface area contributed by atoms with Crippen LogP contribution >= 0.6 is 11.3 Å². The molecule has 1 saturated heterocycles. The van der Waals surface area contributed by atoms with Crippen LogP contribution in [0.25, 0.3) is 5.69 Å². The van der Waals surface area contributed by atoms with Gasteiger partial charge in [-0.05, 0) is 41.1 Å². The number of piperidine rings is 1. The summed E-state index contributed by atoms with van der Waals surface area (Å²) in [5.74, 6) is -0.701. The zero-order valence-corrected chi connectivity index (χ0v) is 16.6. The highest BCUT2D eigenvalue weighted by Crippen LogP contribution is 2.19. The van der Waals surface area contributed by atoms with E-state index >= 15 is 0 Å². The molecule has 1 unspecified atom stereocenters. The van der Waals surface area contributed by atoms with E-state index < -0.39 is 0 Å². The van der Waals surface area contributed by atoms with Crippen molar-refractivity contribution in [2.75, 3.05) is 17.2 Å². The number of nitrogens with zero attached hydrogens (tertiary/aromatic N) is 5. The van der Waals surface area contributed by atoms with Gasteiger partial charge in [-0.25, -0.2) is 9.67 Å². The number of hydrogen-bond acceptors (Lipinski definition) is 8. The Morgan fingerprint density at radius 2 is 2.07 bits per heavy atom. The smallest absolute Gasteiger partial charge is 0.231 e. The van der Waals surface area contributed by atoms with Crippen molar-refractivity contribution in [3.63, 3.8) is 0 Å². The van der Waals surface area contributed by atoms with E-state index in [1.54, 1.807) is 29.6 Å². The maximum atomic E-state index is 12.3. The molecule has 0 spiro atoms. The summed E-state index contributed by atoms with van der Waals surface area (Å²) in [5, 5.41) is 21.4. The lowest BCUT2D eigenvalue weighted by Crippen LogP contribution is -2.40. The molecule has 0 aliphatic carbocycles. The molecule has 3 aromatic rings. The number of carbonyl (C=O) groups excluding carboxylic acids is 3. The van der Waals surface area contributed by atoms with E-state index in [9.17, 15) is 14.4 Å². The minimum Gasteiger partial charge on any atom is -0.355 e. The number of amides is 3. The summed E-state index contributed by atoms with van der Waals surface area (Å²) < 4.78 is 1.51. The third kappa shape index (κ3) is 4.84. The molecule has 12 heteroatoms. The first kappa shape index (κ1) is 19.6. The van der Waals surface area contributed by atoms with Gasteiger partial charge in [-0.15, -0.1) is 16.4 Å². The van der Waals surface area contributed by atoms with E-state index in [1.165, 1.54) is 22.3 Å². The van der Waals surface area contributed by atoms with E-state index in [-0.39, 0.29) is 30.1 Å². The van der Waals surface area contributed by atoms with Gasteiger partial charge in [0.1, 0.15) is 6.33 Å². The van der Waals surface area contributed by atoms with Gasteiger partial charge < -0.3 is 16.0 Å². The summed E-state index contributed by atoms with van der Waals surface area (Å²) in [4.78, 5) is 40.1. The number of tetrazole rings is 1. The second-order valence-electron chi connectivity index (χ2n) is 6.70. The highest BCUT2D eigenvalue weighted by molar-refractivity contribution is 7.13. The van der Waals surface area contributed by atoms with Crippen molar-refractivity contribution in [3.05, 3.63) is 41.7 Å². The first-order valence-corrected chi connectivity index (χ1v) is 10.1. The van der Waals surface area contributed by atoms with Crippen LogP contribution in [0.2, 0.25) is 0 Å². The molecule has 3 amide bonds. The molecule has 11 nitrogen and oxygen atoms in total. The Hall–Kier alpha value is -3.67. The number of benzene rings is 1. The SMILES string of the molecule is O=C1CCC(C(=O)Nc2nc(CC(=O)Nc3ccc(-n4cnnn4)cc3)cs2)CN1. The molecular weight excluding hydrogens is 408 g/mol. The van der Waals surface area contributed by atoms with Gasteiger partial charge in [0.25, 0.3) is 0 Å². The Bertz CT molecular complexity index is 1040. The fourth-order valence-electron chi connectivity index (χ4n) is 2.96. The van der Waals surface area contributed by atoms with Gasteiger partial charge in [-0.1, -0.05) is 0 Å². The van der Waals surface area contributed by atoms with Crippen LogP contribution in [0, 0.1) is 5.92 Å². The molecule has 1 atom stereocenters. The number of anilines is 2. The van der Waals surface area contributed by atoms with Crippen LogP contribution in [0.15, 0.2) is 36.0 Å². The van der Waals surface area contributed by atoms with Crippen molar-refractivity contribution >= 4 is 39.9 Å². The van der Waals surface area contributed by atoms with Crippen molar-refractivity contribution in [1.29, 1.82) is 0 Å². The Kier molecular flexibility index (Phi) is 5.75. The summed E-state index contributed by atoms with van der Waals surface area (Å²) >= 11 is 1.26. The molecule has 0 radical (unpaired) electrons. The molecule has 2 aromatic heterocycles. The predicted octanol–water partition coefficient (Wildman–Crippen LogP) is 0.765. The standard InChI is InChI=1S/C18H18N8O3S/c27-15-6-1-11(8-19-15)17(29)23-18-22-13(9-30-18)7-16(28)21-12-2-4-14(5-3-12)26-10-20-24-25-26/h2-5,9-11H,1,6-8H2,(H,19,27)(H,21,28)(H,22,23,29). The molecule has 1 fully saturated rings. The highest BCUT2D eigenvalue weighted by atomic mass is 32.1. The number of nitrogens with one attached hydrogen (secondary N) is 3. The van der Waals surface area contributed by atoms with E-state index in [1.807, 2.05) is 0 Å². The maximum Gasteiger partial charge on any atom is 0.231 e. The minimum atomic E-state index is -0.269. The van der Waals surface area contributed by atoms with Crippen molar-refractivity contribution in [2.45, 2.75) is 19.3 Å². The van der Waals surface area contributed by atoms with Gasteiger partial charge in [0.2, 0.25) is 17.7 Å². The Labute approximate surface area is 174 Å². The third-order valence-electron chi connectivity index (χ3n) is 4.52. The topological polar surface area (TPSA) is 144 Å². The lowest BCUT2D eigenvalue weighted by Gasteiger charge is -2.20. The predicted molar refractivity (Wildman–Crippen MR) is 108 cm³/mol. The number of hydrogen-bond donors (Lipinski definition) is 3. The van der Waals surface area contributed by atoms with E-state index in [0.717, 1.165) is 5.69 Å². The monoisotopic (exact) mass is 426 g/mol. The quantitative estimate of drug-likeness (QED) is 0.528. The van der Waals surface area contributed by atoms with Crippen LogP contribution in [0.4, 0.5) is 10.8 Å². The van der Waals surface area contributed by atoms with Gasteiger partial charge in [-0.2, -0.15) is 0 Å². The van der Waals surface area contributed by atoms with E-state index in [2.05, 4.69) is 36.5 Å². The third-order valence-corrected chi connectivity index (χ3v) is 5.33. The molecular formula is C18H18N8O3S. The normalized spacial score (nSPS) is 16.0. The van der Waals surface area contributed by atoms with Crippen molar-refractivity contribution in [1.82, 2.24) is 30.5 Å².